The zero-order valence-corrected chi connectivity index (χ0v) is 12.4. The van der Waals surface area contributed by atoms with Crippen LogP contribution in [0.1, 0.15) is 19.3 Å². The van der Waals surface area contributed by atoms with Crippen molar-refractivity contribution in [3.8, 4) is 0 Å². The van der Waals surface area contributed by atoms with Crippen LogP contribution in [0.4, 0.5) is 0 Å². The number of hydrogen-bond donors (Lipinski definition) is 2. The molecule has 0 unspecified atom stereocenters. The van der Waals surface area contributed by atoms with E-state index in [0.717, 1.165) is 45.4 Å². The molecular formula is C14H26N4O2. The van der Waals surface area contributed by atoms with E-state index in [-0.39, 0.29) is 17.7 Å². The summed E-state index contributed by atoms with van der Waals surface area (Å²) in [5.41, 5.74) is 0. The molecule has 2 amide bonds. The summed E-state index contributed by atoms with van der Waals surface area (Å²) in [5, 5.41) is 6.04. The molecule has 0 aromatic rings. The fraction of sp³-hybridized carbons (Fsp3) is 0.857. The summed E-state index contributed by atoms with van der Waals surface area (Å²) in [6, 6.07) is 0. The predicted octanol–water partition coefficient (Wildman–Crippen LogP) is -0.734. The highest BCUT2D eigenvalue weighted by molar-refractivity contribution is 5.80. The Morgan fingerprint density at radius 1 is 1.15 bits per heavy atom. The minimum atomic E-state index is 0.0754. The summed E-state index contributed by atoms with van der Waals surface area (Å²) in [7, 11) is 1.67. The molecule has 2 aliphatic heterocycles. The molecule has 20 heavy (non-hydrogen) atoms. The van der Waals surface area contributed by atoms with Gasteiger partial charge in [0.15, 0.2) is 0 Å². The van der Waals surface area contributed by atoms with E-state index in [2.05, 4.69) is 15.5 Å². The quantitative estimate of drug-likeness (QED) is 0.716. The lowest BCUT2D eigenvalue weighted by atomic mass is 9.96. The van der Waals surface area contributed by atoms with Crippen LogP contribution in [0.2, 0.25) is 0 Å². The first-order chi connectivity index (χ1) is 9.70. The van der Waals surface area contributed by atoms with E-state index in [1.807, 2.05) is 4.90 Å². The highest BCUT2D eigenvalue weighted by Crippen LogP contribution is 2.17. The molecule has 2 N–H and O–H groups in total. The van der Waals surface area contributed by atoms with Crippen LogP contribution >= 0.6 is 0 Å². The predicted molar refractivity (Wildman–Crippen MR) is 77.3 cm³/mol. The highest BCUT2D eigenvalue weighted by atomic mass is 16.2. The Kier molecular flexibility index (Phi) is 5.79. The third-order valence-corrected chi connectivity index (χ3v) is 4.26. The minimum absolute atomic E-state index is 0.0754. The van der Waals surface area contributed by atoms with Gasteiger partial charge in [0.25, 0.3) is 0 Å². The molecule has 2 fully saturated rings. The van der Waals surface area contributed by atoms with Crippen LogP contribution in [-0.4, -0.2) is 74.5 Å². The molecule has 2 saturated heterocycles. The van der Waals surface area contributed by atoms with Gasteiger partial charge in [0.2, 0.25) is 11.8 Å². The van der Waals surface area contributed by atoms with Gasteiger partial charge in [0, 0.05) is 39.1 Å². The number of carbonyl (C=O) groups is 2. The zero-order chi connectivity index (χ0) is 14.4. The summed E-state index contributed by atoms with van der Waals surface area (Å²) < 4.78 is 0. The van der Waals surface area contributed by atoms with Gasteiger partial charge in [-0.3, -0.25) is 14.5 Å². The van der Waals surface area contributed by atoms with Crippen molar-refractivity contribution in [3.05, 3.63) is 0 Å². The Morgan fingerprint density at radius 3 is 2.60 bits per heavy atom. The van der Waals surface area contributed by atoms with Crippen molar-refractivity contribution in [2.24, 2.45) is 5.92 Å². The summed E-state index contributed by atoms with van der Waals surface area (Å²) >= 11 is 0. The largest absolute Gasteiger partial charge is 0.359 e. The molecule has 0 atom stereocenters. The number of likely N-dealkylation sites (tertiary alicyclic amines) is 1. The molecule has 0 aromatic carbocycles. The second-order valence-electron chi connectivity index (χ2n) is 5.65. The lowest BCUT2D eigenvalue weighted by Crippen LogP contribution is -2.46. The monoisotopic (exact) mass is 282 g/mol. The summed E-state index contributed by atoms with van der Waals surface area (Å²) in [6.07, 6.45) is 2.67. The lowest BCUT2D eigenvalue weighted by molar-refractivity contribution is -0.136. The molecule has 6 heteroatoms. The number of nitrogens with zero attached hydrogens (tertiary/aromatic N) is 2. The summed E-state index contributed by atoms with van der Waals surface area (Å²) in [4.78, 5) is 28.0. The van der Waals surface area contributed by atoms with Crippen molar-refractivity contribution in [1.29, 1.82) is 0 Å². The van der Waals surface area contributed by atoms with Gasteiger partial charge < -0.3 is 15.5 Å². The SMILES string of the molecule is CNC(=O)C1CCN(C(=O)CN2CCCNCC2)CC1. The van der Waals surface area contributed by atoms with E-state index in [0.29, 0.717) is 19.6 Å². The van der Waals surface area contributed by atoms with Crippen molar-refractivity contribution < 1.29 is 9.59 Å². The van der Waals surface area contributed by atoms with Crippen LogP contribution in [0.15, 0.2) is 0 Å². The minimum Gasteiger partial charge on any atom is -0.359 e. The molecular weight excluding hydrogens is 256 g/mol. The van der Waals surface area contributed by atoms with Crippen LogP contribution in [0.5, 0.6) is 0 Å². The molecule has 6 nitrogen and oxygen atoms in total. The molecule has 2 heterocycles. The second kappa shape index (κ2) is 7.59. The van der Waals surface area contributed by atoms with Gasteiger partial charge in [-0.25, -0.2) is 0 Å². The number of amides is 2. The van der Waals surface area contributed by atoms with Crippen molar-refractivity contribution in [2.75, 3.05) is 52.9 Å². The number of carbonyl (C=O) groups excluding carboxylic acids is 2. The molecule has 114 valence electrons. The van der Waals surface area contributed by atoms with Crippen LogP contribution < -0.4 is 10.6 Å². The van der Waals surface area contributed by atoms with E-state index in [1.165, 1.54) is 0 Å². The van der Waals surface area contributed by atoms with Gasteiger partial charge >= 0.3 is 0 Å². The fourth-order valence-corrected chi connectivity index (χ4v) is 2.95. The zero-order valence-electron chi connectivity index (χ0n) is 12.4. The first-order valence-electron chi connectivity index (χ1n) is 7.63. The number of rotatable bonds is 3. The average Bonchev–Trinajstić information content (AvgIpc) is 2.75. The Hall–Kier alpha value is -1.14. The summed E-state index contributed by atoms with van der Waals surface area (Å²) in [6.45, 7) is 5.89. The molecule has 0 spiro atoms. The summed E-state index contributed by atoms with van der Waals surface area (Å²) in [5.74, 6) is 0.393. The van der Waals surface area contributed by atoms with Gasteiger partial charge in [0.05, 0.1) is 6.54 Å². The Labute approximate surface area is 120 Å². The van der Waals surface area contributed by atoms with E-state index >= 15 is 0 Å². The van der Waals surface area contributed by atoms with Crippen LogP contribution in [0.25, 0.3) is 0 Å². The van der Waals surface area contributed by atoms with Crippen LogP contribution in [-0.2, 0) is 9.59 Å². The number of hydrogen-bond acceptors (Lipinski definition) is 4. The van der Waals surface area contributed by atoms with E-state index in [9.17, 15) is 9.59 Å². The molecule has 0 bridgehead atoms. The van der Waals surface area contributed by atoms with Gasteiger partial charge in [-0.15, -0.1) is 0 Å². The number of nitrogens with one attached hydrogen (secondary N) is 2. The van der Waals surface area contributed by atoms with Gasteiger partial charge in [-0.05, 0) is 32.4 Å². The van der Waals surface area contributed by atoms with E-state index < -0.39 is 0 Å². The molecule has 0 aromatic heterocycles. The molecule has 2 rings (SSSR count). The molecule has 0 saturated carbocycles. The van der Waals surface area contributed by atoms with Crippen molar-refractivity contribution >= 4 is 11.8 Å². The van der Waals surface area contributed by atoms with Crippen molar-refractivity contribution in [2.45, 2.75) is 19.3 Å². The Morgan fingerprint density at radius 2 is 1.90 bits per heavy atom. The lowest BCUT2D eigenvalue weighted by Gasteiger charge is -2.32. The highest BCUT2D eigenvalue weighted by Gasteiger charge is 2.27. The standard InChI is InChI=1S/C14H26N4O2/c1-15-14(20)12-3-8-18(9-4-12)13(19)11-17-7-2-5-16-6-10-17/h12,16H,2-11H2,1H3,(H,15,20). The van der Waals surface area contributed by atoms with E-state index in [4.69, 9.17) is 0 Å². The third kappa shape index (κ3) is 4.18. The normalized spacial score (nSPS) is 22.4. The molecule has 0 aliphatic carbocycles. The maximum absolute atomic E-state index is 12.3. The van der Waals surface area contributed by atoms with Gasteiger partial charge in [-0.1, -0.05) is 0 Å². The second-order valence-corrected chi connectivity index (χ2v) is 5.65. The average molecular weight is 282 g/mol. The Bertz CT molecular complexity index is 332. The third-order valence-electron chi connectivity index (χ3n) is 4.26. The Balaban J connectivity index is 1.75. The first kappa shape index (κ1) is 15.3. The first-order valence-corrected chi connectivity index (χ1v) is 7.63. The van der Waals surface area contributed by atoms with Crippen LogP contribution in [0, 0.1) is 5.92 Å². The van der Waals surface area contributed by atoms with E-state index in [1.54, 1.807) is 7.05 Å². The molecule has 0 radical (unpaired) electrons. The molecule has 2 aliphatic rings. The van der Waals surface area contributed by atoms with Crippen LogP contribution in [0.3, 0.4) is 0 Å². The number of piperidine rings is 1. The topological polar surface area (TPSA) is 64.7 Å². The van der Waals surface area contributed by atoms with Gasteiger partial charge in [0.1, 0.15) is 0 Å². The fourth-order valence-electron chi connectivity index (χ4n) is 2.95. The maximum Gasteiger partial charge on any atom is 0.236 e. The van der Waals surface area contributed by atoms with Gasteiger partial charge in [-0.2, -0.15) is 0 Å². The van der Waals surface area contributed by atoms with Crippen molar-refractivity contribution in [1.82, 2.24) is 20.4 Å². The smallest absolute Gasteiger partial charge is 0.236 e. The maximum atomic E-state index is 12.3. The van der Waals surface area contributed by atoms with Crippen molar-refractivity contribution in [3.63, 3.8) is 0 Å².